The first-order valence-corrected chi connectivity index (χ1v) is 9.18. The van der Waals surface area contributed by atoms with Crippen LogP contribution in [0.25, 0.3) is 0 Å². The Hall–Kier alpha value is -3.14. The van der Waals surface area contributed by atoms with Crippen LogP contribution in [0.2, 0.25) is 0 Å². The Kier molecular flexibility index (Phi) is 4.63. The van der Waals surface area contributed by atoms with Crippen LogP contribution in [0, 0.1) is 0 Å². The highest BCUT2D eigenvalue weighted by Gasteiger charge is 2.38. The number of imide groups is 1. The van der Waals surface area contributed by atoms with E-state index in [1.165, 1.54) is 11.3 Å². The predicted octanol–water partition coefficient (Wildman–Crippen LogP) is 1.71. The van der Waals surface area contributed by atoms with Gasteiger partial charge in [-0.2, -0.15) is 0 Å². The molecule has 9 nitrogen and oxygen atoms in total. The predicted molar refractivity (Wildman–Crippen MR) is 95.4 cm³/mol. The van der Waals surface area contributed by atoms with Crippen LogP contribution < -0.4 is 20.1 Å². The monoisotopic (exact) mass is 388 g/mol. The summed E-state index contributed by atoms with van der Waals surface area (Å²) in [6, 6.07) is 4.09. The first-order valence-electron chi connectivity index (χ1n) is 8.30. The average Bonchev–Trinajstić information content (AvgIpc) is 3.37. The second-order valence-electron chi connectivity index (χ2n) is 6.04. The Morgan fingerprint density at radius 1 is 1.33 bits per heavy atom. The number of carbonyl (C=O) groups excluding carboxylic acids is 3. The highest BCUT2D eigenvalue weighted by molar-refractivity contribution is 7.13. The third kappa shape index (κ3) is 3.70. The van der Waals surface area contributed by atoms with Crippen molar-refractivity contribution in [2.75, 3.05) is 12.1 Å². The van der Waals surface area contributed by atoms with E-state index in [1.54, 1.807) is 29.8 Å². The zero-order valence-electron chi connectivity index (χ0n) is 14.1. The molecule has 2 N–H and O–H groups in total. The summed E-state index contributed by atoms with van der Waals surface area (Å²) in [6.07, 6.45) is 1.92. The number of carbonyl (C=O) groups is 3. The minimum Gasteiger partial charge on any atom is -0.454 e. The molecule has 1 saturated heterocycles. The smallest absolute Gasteiger partial charge is 0.325 e. The summed E-state index contributed by atoms with van der Waals surface area (Å²) >= 11 is 1.31. The van der Waals surface area contributed by atoms with Crippen LogP contribution in [0.1, 0.15) is 18.4 Å². The van der Waals surface area contributed by atoms with Crippen LogP contribution in [0.4, 0.5) is 9.93 Å². The molecule has 4 rings (SSSR count). The Morgan fingerprint density at radius 2 is 2.19 bits per heavy atom. The summed E-state index contributed by atoms with van der Waals surface area (Å²) in [5, 5.41) is 7.54. The molecule has 1 aromatic heterocycles. The Labute approximate surface area is 158 Å². The standard InChI is InChI=1S/C17H16N4O5S/c22-14(20-16-18-5-6-27-16)4-2-11-15(23)21(17(24)19-11)8-10-1-3-12-13(7-10)26-9-25-12/h1,3,5-7,11H,2,4,8-9H2,(H,19,24)(H,18,20,22). The van der Waals surface area contributed by atoms with Crippen molar-refractivity contribution in [2.45, 2.75) is 25.4 Å². The zero-order chi connectivity index (χ0) is 18.8. The van der Waals surface area contributed by atoms with Crippen molar-refractivity contribution in [1.29, 1.82) is 0 Å². The first kappa shape index (κ1) is 17.3. The maximum atomic E-state index is 12.5. The highest BCUT2D eigenvalue weighted by Crippen LogP contribution is 2.33. The molecule has 0 saturated carbocycles. The lowest BCUT2D eigenvalue weighted by Gasteiger charge is -2.13. The number of amides is 4. The van der Waals surface area contributed by atoms with Gasteiger partial charge in [-0.3, -0.25) is 14.5 Å². The van der Waals surface area contributed by atoms with Crippen molar-refractivity contribution in [3.63, 3.8) is 0 Å². The number of nitrogens with zero attached hydrogens (tertiary/aromatic N) is 2. The Balaban J connectivity index is 1.33. The van der Waals surface area contributed by atoms with Gasteiger partial charge in [0.2, 0.25) is 12.7 Å². The van der Waals surface area contributed by atoms with E-state index in [0.29, 0.717) is 16.6 Å². The lowest BCUT2D eigenvalue weighted by molar-refractivity contribution is -0.128. The van der Waals surface area contributed by atoms with E-state index in [2.05, 4.69) is 15.6 Å². The molecule has 2 aliphatic rings. The van der Waals surface area contributed by atoms with Crippen molar-refractivity contribution >= 4 is 34.3 Å². The van der Waals surface area contributed by atoms with E-state index in [9.17, 15) is 14.4 Å². The van der Waals surface area contributed by atoms with Crippen molar-refractivity contribution in [1.82, 2.24) is 15.2 Å². The van der Waals surface area contributed by atoms with E-state index < -0.39 is 12.1 Å². The van der Waals surface area contributed by atoms with Crippen molar-refractivity contribution in [3.8, 4) is 11.5 Å². The van der Waals surface area contributed by atoms with Crippen LogP contribution >= 0.6 is 11.3 Å². The van der Waals surface area contributed by atoms with E-state index in [0.717, 1.165) is 10.5 Å². The van der Waals surface area contributed by atoms with Crippen LogP contribution in [0.5, 0.6) is 11.5 Å². The van der Waals surface area contributed by atoms with Crippen LogP contribution in [-0.4, -0.2) is 40.6 Å². The highest BCUT2D eigenvalue weighted by atomic mass is 32.1. The normalized spacial score (nSPS) is 17.9. The zero-order valence-corrected chi connectivity index (χ0v) is 15.0. The molecule has 10 heteroatoms. The Bertz CT molecular complexity index is 885. The molecule has 1 unspecified atom stereocenters. The molecule has 0 bridgehead atoms. The maximum Gasteiger partial charge on any atom is 0.325 e. The first-order chi connectivity index (χ1) is 13.1. The number of hydrogen-bond donors (Lipinski definition) is 2. The second kappa shape index (κ2) is 7.23. The van der Waals surface area contributed by atoms with Gasteiger partial charge in [0.1, 0.15) is 6.04 Å². The van der Waals surface area contributed by atoms with Gasteiger partial charge >= 0.3 is 6.03 Å². The molecular formula is C17H16N4O5S. The van der Waals surface area contributed by atoms with Gasteiger partial charge in [0, 0.05) is 18.0 Å². The van der Waals surface area contributed by atoms with Crippen molar-refractivity contribution in [2.24, 2.45) is 0 Å². The molecule has 0 radical (unpaired) electrons. The fourth-order valence-electron chi connectivity index (χ4n) is 2.89. The van der Waals surface area contributed by atoms with E-state index in [1.807, 2.05) is 0 Å². The third-order valence-corrected chi connectivity index (χ3v) is 4.91. The topological polar surface area (TPSA) is 110 Å². The number of aromatic nitrogens is 1. The van der Waals surface area contributed by atoms with E-state index in [4.69, 9.17) is 9.47 Å². The fraction of sp³-hybridized carbons (Fsp3) is 0.294. The van der Waals surface area contributed by atoms with Gasteiger partial charge in [-0.1, -0.05) is 6.07 Å². The molecule has 3 heterocycles. The molecule has 1 atom stereocenters. The number of rotatable bonds is 6. The fourth-order valence-corrected chi connectivity index (χ4v) is 3.43. The number of anilines is 1. The lowest BCUT2D eigenvalue weighted by atomic mass is 10.1. The number of fused-ring (bicyclic) bond motifs is 1. The van der Waals surface area contributed by atoms with Gasteiger partial charge < -0.3 is 20.1 Å². The molecule has 2 aromatic rings. The molecular weight excluding hydrogens is 372 g/mol. The van der Waals surface area contributed by atoms with Gasteiger partial charge in [-0.25, -0.2) is 9.78 Å². The van der Waals surface area contributed by atoms with Crippen LogP contribution in [0.3, 0.4) is 0 Å². The molecule has 27 heavy (non-hydrogen) atoms. The number of urea groups is 1. The van der Waals surface area contributed by atoms with Gasteiger partial charge in [0.15, 0.2) is 16.6 Å². The van der Waals surface area contributed by atoms with Crippen LogP contribution in [-0.2, 0) is 16.1 Å². The summed E-state index contributed by atoms with van der Waals surface area (Å²) in [5.74, 6) is 0.635. The number of benzene rings is 1. The number of thiazole rings is 1. The van der Waals surface area contributed by atoms with E-state index >= 15 is 0 Å². The van der Waals surface area contributed by atoms with Gasteiger partial charge in [0.25, 0.3) is 5.91 Å². The molecule has 0 aliphatic carbocycles. The minimum absolute atomic E-state index is 0.105. The molecule has 1 fully saturated rings. The van der Waals surface area contributed by atoms with Crippen molar-refractivity contribution < 1.29 is 23.9 Å². The summed E-state index contributed by atoms with van der Waals surface area (Å²) in [5.41, 5.74) is 0.755. The summed E-state index contributed by atoms with van der Waals surface area (Å²) in [6.45, 7) is 0.288. The Morgan fingerprint density at radius 3 is 3.00 bits per heavy atom. The second-order valence-corrected chi connectivity index (χ2v) is 6.93. The molecule has 4 amide bonds. The molecule has 140 valence electrons. The number of ether oxygens (including phenoxy) is 2. The largest absolute Gasteiger partial charge is 0.454 e. The van der Waals surface area contributed by atoms with Crippen molar-refractivity contribution in [3.05, 3.63) is 35.3 Å². The lowest BCUT2D eigenvalue weighted by Crippen LogP contribution is -2.31. The van der Waals surface area contributed by atoms with Crippen LogP contribution in [0.15, 0.2) is 29.8 Å². The van der Waals surface area contributed by atoms with Gasteiger partial charge in [0.05, 0.1) is 6.54 Å². The SMILES string of the molecule is O=C(CCC1NC(=O)N(Cc2ccc3c(c2)OCO3)C1=O)Nc1nccs1. The number of nitrogens with one attached hydrogen (secondary N) is 2. The number of hydrogen-bond acceptors (Lipinski definition) is 7. The molecule has 1 aromatic carbocycles. The van der Waals surface area contributed by atoms with E-state index in [-0.39, 0.29) is 38.0 Å². The third-order valence-electron chi connectivity index (χ3n) is 4.22. The summed E-state index contributed by atoms with van der Waals surface area (Å²) in [4.78, 5) is 41.7. The molecule has 0 spiro atoms. The molecule has 2 aliphatic heterocycles. The quantitative estimate of drug-likeness (QED) is 0.729. The van der Waals surface area contributed by atoms with Gasteiger partial charge in [-0.15, -0.1) is 11.3 Å². The minimum atomic E-state index is -0.714. The summed E-state index contributed by atoms with van der Waals surface area (Å²) in [7, 11) is 0. The van der Waals surface area contributed by atoms with Gasteiger partial charge in [-0.05, 0) is 24.1 Å². The maximum absolute atomic E-state index is 12.5. The summed E-state index contributed by atoms with van der Waals surface area (Å²) < 4.78 is 10.6. The average molecular weight is 388 g/mol.